The molecule has 0 bridgehead atoms. The first-order chi connectivity index (χ1) is 16.9. The summed E-state index contributed by atoms with van der Waals surface area (Å²) in [6, 6.07) is 4.28. The molecule has 3 aliphatic heterocycles. The van der Waals surface area contributed by atoms with Crippen molar-refractivity contribution in [3.05, 3.63) is 46.5 Å². The second-order valence-electron chi connectivity index (χ2n) is 9.38. The minimum absolute atomic E-state index is 0.0473. The van der Waals surface area contributed by atoms with Gasteiger partial charge in [0.1, 0.15) is 17.7 Å². The monoisotopic (exact) mass is 504 g/mol. The number of amides is 2. The SMILES string of the molecule is CN1C[C@H](NC(=O)N2CCc3cnc(NC4CCOCC4)nc3C2)[C@@H](Oc2ccc(Cl)c(F)c2)C1. The fourth-order valence-electron chi connectivity index (χ4n) is 4.77. The van der Waals surface area contributed by atoms with Gasteiger partial charge in [0.2, 0.25) is 5.95 Å². The zero-order chi connectivity index (χ0) is 24.4. The Morgan fingerprint density at radius 1 is 1.29 bits per heavy atom. The van der Waals surface area contributed by atoms with Gasteiger partial charge in [-0.2, -0.15) is 0 Å². The molecule has 2 atom stereocenters. The summed E-state index contributed by atoms with van der Waals surface area (Å²) in [4.78, 5) is 26.2. The number of rotatable bonds is 5. The first-order valence-corrected chi connectivity index (χ1v) is 12.4. The van der Waals surface area contributed by atoms with Crippen LogP contribution in [0.2, 0.25) is 5.02 Å². The molecule has 35 heavy (non-hydrogen) atoms. The summed E-state index contributed by atoms with van der Waals surface area (Å²) in [6.07, 6.45) is 4.11. The van der Waals surface area contributed by atoms with E-state index in [9.17, 15) is 9.18 Å². The number of likely N-dealkylation sites (tertiary alicyclic amines) is 1. The van der Waals surface area contributed by atoms with E-state index >= 15 is 0 Å². The number of hydrogen-bond donors (Lipinski definition) is 2. The molecular formula is C24H30ClFN6O3. The molecule has 0 radical (unpaired) electrons. The van der Waals surface area contributed by atoms with Crippen molar-refractivity contribution < 1.29 is 18.7 Å². The highest BCUT2D eigenvalue weighted by atomic mass is 35.5. The van der Waals surface area contributed by atoms with E-state index in [2.05, 4.69) is 20.5 Å². The van der Waals surface area contributed by atoms with Gasteiger partial charge in [-0.1, -0.05) is 11.6 Å². The summed E-state index contributed by atoms with van der Waals surface area (Å²) in [6.45, 7) is 3.74. The highest BCUT2D eigenvalue weighted by Crippen LogP contribution is 2.24. The topological polar surface area (TPSA) is 91.9 Å². The maximum Gasteiger partial charge on any atom is 0.318 e. The molecule has 4 heterocycles. The normalized spacial score (nSPS) is 23.1. The van der Waals surface area contributed by atoms with E-state index in [1.807, 2.05) is 13.2 Å². The molecule has 0 aliphatic carbocycles. The second-order valence-corrected chi connectivity index (χ2v) is 9.78. The third-order valence-corrected chi connectivity index (χ3v) is 7.03. The van der Waals surface area contributed by atoms with Gasteiger partial charge in [-0.25, -0.2) is 19.2 Å². The Bertz CT molecular complexity index is 1070. The minimum atomic E-state index is -0.532. The summed E-state index contributed by atoms with van der Waals surface area (Å²) in [5, 5.41) is 6.56. The molecule has 1 aromatic heterocycles. The van der Waals surface area contributed by atoms with Crippen molar-refractivity contribution in [2.75, 3.05) is 45.2 Å². The molecule has 2 N–H and O–H groups in total. The Morgan fingerprint density at radius 3 is 2.91 bits per heavy atom. The van der Waals surface area contributed by atoms with Gasteiger partial charge in [-0.05, 0) is 44.0 Å². The molecule has 0 spiro atoms. The molecule has 2 fully saturated rings. The van der Waals surface area contributed by atoms with E-state index in [-0.39, 0.29) is 23.2 Å². The van der Waals surface area contributed by atoms with Gasteiger partial charge in [0.25, 0.3) is 0 Å². The lowest BCUT2D eigenvalue weighted by Gasteiger charge is -2.31. The van der Waals surface area contributed by atoms with E-state index in [1.165, 1.54) is 12.1 Å². The number of carbonyl (C=O) groups is 1. The Labute approximate surface area is 208 Å². The molecule has 0 saturated carbocycles. The zero-order valence-electron chi connectivity index (χ0n) is 19.7. The van der Waals surface area contributed by atoms with Gasteiger partial charge in [-0.3, -0.25) is 0 Å². The van der Waals surface area contributed by atoms with Crippen LogP contribution in [0.4, 0.5) is 15.1 Å². The van der Waals surface area contributed by atoms with Crippen LogP contribution in [0.5, 0.6) is 5.75 Å². The molecular weight excluding hydrogens is 475 g/mol. The van der Waals surface area contributed by atoms with Crippen LogP contribution in [-0.2, 0) is 17.7 Å². The first kappa shape index (κ1) is 24.0. The quantitative estimate of drug-likeness (QED) is 0.647. The Kier molecular flexibility index (Phi) is 7.22. The summed E-state index contributed by atoms with van der Waals surface area (Å²) in [7, 11) is 1.96. The van der Waals surface area contributed by atoms with E-state index < -0.39 is 5.82 Å². The molecule has 2 amide bonds. The van der Waals surface area contributed by atoms with Crippen LogP contribution in [-0.4, -0.2) is 83.9 Å². The highest BCUT2D eigenvalue weighted by molar-refractivity contribution is 6.30. The van der Waals surface area contributed by atoms with Crippen LogP contribution < -0.4 is 15.4 Å². The van der Waals surface area contributed by atoms with Crippen LogP contribution in [0, 0.1) is 5.82 Å². The van der Waals surface area contributed by atoms with Gasteiger partial charge >= 0.3 is 6.03 Å². The molecule has 1 aromatic carbocycles. The second kappa shape index (κ2) is 10.5. The number of hydrogen-bond acceptors (Lipinski definition) is 7. The van der Waals surface area contributed by atoms with E-state index in [4.69, 9.17) is 26.1 Å². The summed E-state index contributed by atoms with van der Waals surface area (Å²) in [5.74, 6) is 0.453. The van der Waals surface area contributed by atoms with Gasteiger partial charge in [-0.15, -0.1) is 0 Å². The van der Waals surface area contributed by atoms with E-state index in [0.717, 1.165) is 37.3 Å². The van der Waals surface area contributed by atoms with Crippen molar-refractivity contribution in [2.45, 2.75) is 44.0 Å². The standard InChI is InChI=1S/C24H30ClFN6O3/c1-31-12-21(22(14-31)35-17-2-3-18(25)19(26)10-17)30-24(33)32-7-4-15-11-27-23(29-20(15)13-32)28-16-5-8-34-9-6-16/h2-3,10-11,16,21-22H,4-9,12-14H2,1H3,(H,30,33)(H,27,28,29)/t21-,22-/m0/s1. The zero-order valence-corrected chi connectivity index (χ0v) is 20.4. The Balaban J connectivity index is 1.21. The number of urea groups is 1. The molecule has 9 nitrogen and oxygen atoms in total. The van der Waals surface area contributed by atoms with Crippen LogP contribution in [0.3, 0.4) is 0 Å². The van der Waals surface area contributed by atoms with Crippen molar-refractivity contribution in [3.8, 4) is 5.75 Å². The molecule has 2 aromatic rings. The highest BCUT2D eigenvalue weighted by Gasteiger charge is 2.35. The summed E-state index contributed by atoms with van der Waals surface area (Å²) >= 11 is 5.78. The maximum atomic E-state index is 13.8. The molecule has 11 heteroatoms. The predicted octanol–water partition coefficient (Wildman–Crippen LogP) is 2.69. The summed E-state index contributed by atoms with van der Waals surface area (Å²) < 4.78 is 25.3. The number of anilines is 1. The smallest absolute Gasteiger partial charge is 0.318 e. The number of benzene rings is 1. The van der Waals surface area contributed by atoms with E-state index in [0.29, 0.717) is 50.3 Å². The van der Waals surface area contributed by atoms with Crippen molar-refractivity contribution in [2.24, 2.45) is 0 Å². The molecule has 0 unspecified atom stereocenters. The lowest BCUT2D eigenvalue weighted by Crippen LogP contribution is -2.51. The van der Waals surface area contributed by atoms with Gasteiger partial charge in [0, 0.05) is 51.2 Å². The first-order valence-electron chi connectivity index (χ1n) is 12.0. The fraction of sp³-hybridized carbons (Fsp3) is 0.542. The third-order valence-electron chi connectivity index (χ3n) is 6.72. The largest absolute Gasteiger partial charge is 0.487 e. The van der Waals surface area contributed by atoms with Crippen LogP contribution in [0.1, 0.15) is 24.1 Å². The fourth-order valence-corrected chi connectivity index (χ4v) is 4.88. The Hall–Kier alpha value is -2.69. The molecule has 5 rings (SSSR count). The number of fused-ring (bicyclic) bond motifs is 1. The predicted molar refractivity (Wildman–Crippen MR) is 129 cm³/mol. The average Bonchev–Trinajstić information content (AvgIpc) is 3.19. The van der Waals surface area contributed by atoms with Gasteiger partial charge in [0.15, 0.2) is 0 Å². The van der Waals surface area contributed by atoms with Crippen molar-refractivity contribution in [3.63, 3.8) is 0 Å². The molecule has 3 aliphatic rings. The lowest BCUT2D eigenvalue weighted by molar-refractivity contribution is 0.0903. The van der Waals surface area contributed by atoms with Crippen molar-refractivity contribution in [1.29, 1.82) is 0 Å². The number of halogens is 2. The van der Waals surface area contributed by atoms with Crippen LogP contribution >= 0.6 is 11.6 Å². The Morgan fingerprint density at radius 2 is 2.11 bits per heavy atom. The number of nitrogens with one attached hydrogen (secondary N) is 2. The minimum Gasteiger partial charge on any atom is -0.487 e. The van der Waals surface area contributed by atoms with Gasteiger partial charge in [0.05, 0.1) is 23.3 Å². The average molecular weight is 505 g/mol. The van der Waals surface area contributed by atoms with E-state index in [1.54, 1.807) is 11.0 Å². The van der Waals surface area contributed by atoms with Crippen molar-refractivity contribution >= 4 is 23.6 Å². The number of likely N-dealkylation sites (N-methyl/N-ethyl adjacent to an activating group) is 1. The van der Waals surface area contributed by atoms with Crippen LogP contribution in [0.15, 0.2) is 24.4 Å². The lowest BCUT2D eigenvalue weighted by atomic mass is 10.1. The van der Waals surface area contributed by atoms with Gasteiger partial charge < -0.3 is 29.9 Å². The number of ether oxygens (including phenoxy) is 2. The molecule has 188 valence electrons. The number of carbonyl (C=O) groups excluding carboxylic acids is 1. The molecule has 2 saturated heterocycles. The maximum absolute atomic E-state index is 13.8. The third kappa shape index (κ3) is 5.76. The van der Waals surface area contributed by atoms with Crippen molar-refractivity contribution in [1.82, 2.24) is 25.1 Å². The van der Waals surface area contributed by atoms with Crippen LogP contribution in [0.25, 0.3) is 0 Å². The number of aromatic nitrogens is 2. The summed E-state index contributed by atoms with van der Waals surface area (Å²) in [5.41, 5.74) is 1.93. The number of nitrogens with zero attached hydrogens (tertiary/aromatic N) is 4.